The van der Waals surface area contributed by atoms with Gasteiger partial charge in [-0.25, -0.2) is 4.98 Å². The van der Waals surface area contributed by atoms with Gasteiger partial charge in [-0.05, 0) is 19.1 Å². The van der Waals surface area contributed by atoms with Crippen LogP contribution in [0, 0.1) is 6.92 Å². The van der Waals surface area contributed by atoms with Gasteiger partial charge in [0.1, 0.15) is 0 Å². The smallest absolute Gasteiger partial charge is 0.282 e. The fourth-order valence-corrected chi connectivity index (χ4v) is 3.89. The normalized spacial score (nSPS) is 11.6. The first-order chi connectivity index (χ1) is 12.1. The summed E-state index contributed by atoms with van der Waals surface area (Å²) in [6.07, 6.45) is 0. The van der Waals surface area contributed by atoms with Gasteiger partial charge in [-0.2, -0.15) is 4.68 Å². The number of H-pyrrole nitrogens is 1. The highest BCUT2D eigenvalue weighted by molar-refractivity contribution is 7.20. The summed E-state index contributed by atoms with van der Waals surface area (Å²) in [6, 6.07) is 9.16. The summed E-state index contributed by atoms with van der Waals surface area (Å²) in [5.74, 6) is 0. The minimum atomic E-state index is -0.210. The molecule has 1 N–H and O–H groups in total. The molecular weight excluding hydrogens is 340 g/mol. The Morgan fingerprint density at radius 3 is 2.84 bits per heavy atom. The standard InChI is InChI=1S/C17H16N4O3S/c1-10-15-12(9-14(22)20(10)7-8-24-2)19-21(16(15)23)17-18-11-5-3-4-6-13(11)25-17/h3-6,9,19H,7-8H2,1-2H3. The number of nitrogens with zero attached hydrogens (tertiary/aromatic N) is 3. The lowest BCUT2D eigenvalue weighted by Crippen LogP contribution is -2.25. The van der Waals surface area contributed by atoms with Gasteiger partial charge >= 0.3 is 0 Å². The lowest BCUT2D eigenvalue weighted by molar-refractivity contribution is 0.185. The third kappa shape index (κ3) is 2.50. The van der Waals surface area contributed by atoms with E-state index in [2.05, 4.69) is 10.1 Å². The molecule has 7 nitrogen and oxygen atoms in total. The summed E-state index contributed by atoms with van der Waals surface area (Å²) in [6.45, 7) is 2.59. The van der Waals surface area contributed by atoms with Crippen molar-refractivity contribution < 1.29 is 4.74 Å². The Bertz CT molecular complexity index is 1170. The van der Waals surface area contributed by atoms with E-state index in [1.165, 1.54) is 22.1 Å². The maximum atomic E-state index is 12.9. The lowest BCUT2D eigenvalue weighted by atomic mass is 10.2. The van der Waals surface area contributed by atoms with Crippen LogP contribution in [0.2, 0.25) is 0 Å². The fourth-order valence-electron chi connectivity index (χ4n) is 2.96. The molecule has 0 aliphatic heterocycles. The van der Waals surface area contributed by atoms with E-state index in [-0.39, 0.29) is 11.1 Å². The number of rotatable bonds is 4. The number of nitrogens with one attached hydrogen (secondary N) is 1. The minimum absolute atomic E-state index is 0.167. The molecule has 3 heterocycles. The fraction of sp³-hybridized carbons (Fsp3) is 0.235. The van der Waals surface area contributed by atoms with Gasteiger partial charge in [-0.15, -0.1) is 0 Å². The summed E-state index contributed by atoms with van der Waals surface area (Å²) in [7, 11) is 1.58. The van der Waals surface area contributed by atoms with Crippen molar-refractivity contribution in [3.63, 3.8) is 0 Å². The first kappa shape index (κ1) is 15.8. The maximum Gasteiger partial charge on any atom is 0.282 e. The first-order valence-corrected chi connectivity index (χ1v) is 8.62. The molecule has 0 fully saturated rings. The van der Waals surface area contributed by atoms with Crippen LogP contribution < -0.4 is 11.1 Å². The average Bonchev–Trinajstić information content (AvgIpc) is 3.15. The van der Waals surface area contributed by atoms with Gasteiger partial charge in [0.05, 0.1) is 27.7 Å². The van der Waals surface area contributed by atoms with Gasteiger partial charge in [0.25, 0.3) is 11.1 Å². The molecule has 0 amide bonds. The molecule has 25 heavy (non-hydrogen) atoms. The second-order valence-electron chi connectivity index (χ2n) is 5.72. The van der Waals surface area contributed by atoms with Crippen molar-refractivity contribution in [3.8, 4) is 5.13 Å². The number of benzene rings is 1. The molecule has 0 aliphatic carbocycles. The Hall–Kier alpha value is -2.71. The summed E-state index contributed by atoms with van der Waals surface area (Å²) < 4.78 is 9.01. The van der Waals surface area contributed by atoms with Crippen LogP contribution in [0.4, 0.5) is 0 Å². The molecule has 8 heteroatoms. The molecule has 0 saturated carbocycles. The summed E-state index contributed by atoms with van der Waals surface area (Å²) >= 11 is 1.42. The van der Waals surface area contributed by atoms with Crippen LogP contribution in [0.25, 0.3) is 26.3 Å². The molecule has 0 unspecified atom stereocenters. The molecule has 128 valence electrons. The predicted octanol–water partition coefficient (Wildman–Crippen LogP) is 2.05. The number of ether oxygens (including phenoxy) is 1. The Labute approximate surface area is 146 Å². The molecule has 0 bridgehead atoms. The van der Waals surface area contributed by atoms with Gasteiger partial charge in [-0.1, -0.05) is 23.5 Å². The number of para-hydroxylation sites is 1. The average molecular weight is 356 g/mol. The van der Waals surface area contributed by atoms with E-state index in [0.717, 1.165) is 10.2 Å². The highest BCUT2D eigenvalue weighted by atomic mass is 32.1. The van der Waals surface area contributed by atoms with Crippen molar-refractivity contribution in [2.45, 2.75) is 13.5 Å². The van der Waals surface area contributed by atoms with Crippen LogP contribution >= 0.6 is 11.3 Å². The topological polar surface area (TPSA) is 81.9 Å². The van der Waals surface area contributed by atoms with Crippen LogP contribution in [0.1, 0.15) is 5.69 Å². The summed E-state index contributed by atoms with van der Waals surface area (Å²) in [4.78, 5) is 29.7. The molecule has 4 rings (SSSR count). The monoisotopic (exact) mass is 356 g/mol. The Balaban J connectivity index is 1.94. The quantitative estimate of drug-likeness (QED) is 0.607. The lowest BCUT2D eigenvalue weighted by Gasteiger charge is -2.08. The van der Waals surface area contributed by atoms with E-state index < -0.39 is 0 Å². The zero-order valence-electron chi connectivity index (χ0n) is 13.8. The number of aromatic amines is 1. The zero-order valence-corrected chi connectivity index (χ0v) is 14.6. The van der Waals surface area contributed by atoms with Gasteiger partial charge in [0.2, 0.25) is 5.13 Å². The van der Waals surface area contributed by atoms with E-state index in [1.807, 2.05) is 24.3 Å². The van der Waals surface area contributed by atoms with Gasteiger partial charge in [-0.3, -0.25) is 14.7 Å². The number of hydrogen-bond donors (Lipinski definition) is 1. The number of hydrogen-bond acceptors (Lipinski definition) is 5. The molecule has 0 radical (unpaired) electrons. The number of fused-ring (bicyclic) bond motifs is 2. The molecule has 0 spiro atoms. The van der Waals surface area contributed by atoms with Crippen LogP contribution in [0.15, 0.2) is 39.9 Å². The Morgan fingerprint density at radius 1 is 1.28 bits per heavy atom. The Morgan fingerprint density at radius 2 is 2.08 bits per heavy atom. The zero-order chi connectivity index (χ0) is 17.6. The van der Waals surface area contributed by atoms with Crippen molar-refractivity contribution in [3.05, 3.63) is 56.7 Å². The van der Waals surface area contributed by atoms with E-state index in [1.54, 1.807) is 18.6 Å². The highest BCUT2D eigenvalue weighted by Gasteiger charge is 2.17. The molecule has 3 aromatic heterocycles. The van der Waals surface area contributed by atoms with E-state index in [4.69, 9.17) is 4.74 Å². The molecule has 4 aromatic rings. The Kier molecular flexibility index (Phi) is 3.78. The second-order valence-corrected chi connectivity index (χ2v) is 6.73. The molecular formula is C17H16N4O3S. The van der Waals surface area contributed by atoms with Crippen LogP contribution in [-0.4, -0.2) is 33.0 Å². The van der Waals surface area contributed by atoms with Crippen molar-refractivity contribution in [1.82, 2.24) is 19.3 Å². The van der Waals surface area contributed by atoms with Crippen LogP contribution in [0.3, 0.4) is 0 Å². The summed E-state index contributed by atoms with van der Waals surface area (Å²) in [5.41, 5.74) is 1.60. The number of methoxy groups -OCH3 is 1. The number of aromatic nitrogens is 4. The van der Waals surface area contributed by atoms with Gasteiger partial charge in [0, 0.05) is 25.4 Å². The number of pyridine rings is 1. The minimum Gasteiger partial charge on any atom is -0.383 e. The van der Waals surface area contributed by atoms with Gasteiger partial charge in [0.15, 0.2) is 0 Å². The van der Waals surface area contributed by atoms with Gasteiger partial charge < -0.3 is 9.30 Å². The molecule has 0 aliphatic rings. The summed E-state index contributed by atoms with van der Waals surface area (Å²) in [5, 5.41) is 4.06. The maximum absolute atomic E-state index is 12.9. The van der Waals surface area contributed by atoms with Crippen LogP contribution in [0.5, 0.6) is 0 Å². The predicted molar refractivity (Wildman–Crippen MR) is 97.9 cm³/mol. The van der Waals surface area contributed by atoms with E-state index in [9.17, 15) is 9.59 Å². The van der Waals surface area contributed by atoms with Crippen molar-refractivity contribution in [1.29, 1.82) is 0 Å². The third-order valence-electron chi connectivity index (χ3n) is 4.21. The molecule has 0 saturated heterocycles. The highest BCUT2D eigenvalue weighted by Crippen LogP contribution is 2.24. The van der Waals surface area contributed by atoms with E-state index in [0.29, 0.717) is 34.9 Å². The van der Waals surface area contributed by atoms with Crippen molar-refractivity contribution in [2.75, 3.05) is 13.7 Å². The molecule has 0 atom stereocenters. The third-order valence-corrected chi connectivity index (χ3v) is 5.23. The number of aryl methyl sites for hydroxylation is 1. The largest absolute Gasteiger partial charge is 0.383 e. The van der Waals surface area contributed by atoms with E-state index >= 15 is 0 Å². The second kappa shape index (κ2) is 5.98. The van der Waals surface area contributed by atoms with Crippen molar-refractivity contribution in [2.24, 2.45) is 0 Å². The van der Waals surface area contributed by atoms with Crippen LogP contribution in [-0.2, 0) is 11.3 Å². The first-order valence-electron chi connectivity index (χ1n) is 7.80. The van der Waals surface area contributed by atoms with Crippen molar-refractivity contribution >= 4 is 32.5 Å². The SMILES string of the molecule is COCCn1c(C)c2c(=O)n(-c3nc4ccccc4s3)[nH]c2cc1=O. The number of thiazole rings is 1. The molecule has 1 aromatic carbocycles.